The van der Waals surface area contributed by atoms with Crippen molar-refractivity contribution in [3.8, 4) is 0 Å². The molecule has 2 atom stereocenters. The molecule has 0 aromatic carbocycles. The zero-order chi connectivity index (χ0) is 10.8. The van der Waals surface area contributed by atoms with Gasteiger partial charge in [0.2, 0.25) is 0 Å². The third-order valence-electron chi connectivity index (χ3n) is 2.21. The number of unbranched alkanes of at least 4 members (excludes halogenated alkanes) is 1. The van der Waals surface area contributed by atoms with Gasteiger partial charge in [-0.3, -0.25) is 0 Å². The van der Waals surface area contributed by atoms with Crippen molar-refractivity contribution in [2.24, 2.45) is 0 Å². The Morgan fingerprint density at radius 2 is 1.86 bits per heavy atom. The maximum atomic E-state index is 9.40. The lowest BCUT2D eigenvalue weighted by Gasteiger charge is -2.17. The predicted octanol–water partition coefficient (Wildman–Crippen LogP) is 1.98. The number of hydrogen-bond donors (Lipinski definition) is 1. The van der Waals surface area contributed by atoms with Gasteiger partial charge >= 0.3 is 0 Å². The zero-order valence-corrected chi connectivity index (χ0v) is 9.66. The van der Waals surface area contributed by atoms with E-state index in [9.17, 15) is 5.11 Å². The van der Waals surface area contributed by atoms with Gasteiger partial charge in [-0.2, -0.15) is 0 Å². The normalized spacial score (nSPS) is 15.4. The van der Waals surface area contributed by atoms with Crippen molar-refractivity contribution in [1.29, 1.82) is 0 Å². The lowest BCUT2D eigenvalue weighted by Crippen LogP contribution is -2.26. The Morgan fingerprint density at radius 1 is 1.14 bits per heavy atom. The molecule has 14 heavy (non-hydrogen) atoms. The third kappa shape index (κ3) is 7.30. The molecule has 0 fully saturated rings. The standard InChI is InChI=1S/C11H24O3/c1-4-6-7-13-8-9-14-10(3)11(12)5-2/h10-12H,4-9H2,1-3H3. The number of hydrogen-bond acceptors (Lipinski definition) is 3. The molecule has 3 nitrogen and oxygen atoms in total. The average molecular weight is 204 g/mol. The molecule has 1 N–H and O–H groups in total. The lowest BCUT2D eigenvalue weighted by molar-refractivity contribution is -0.0478. The molecule has 0 saturated carbocycles. The van der Waals surface area contributed by atoms with Crippen LogP contribution in [0.15, 0.2) is 0 Å². The van der Waals surface area contributed by atoms with Gasteiger partial charge in [0.05, 0.1) is 25.4 Å². The van der Waals surface area contributed by atoms with Gasteiger partial charge in [0.1, 0.15) is 0 Å². The van der Waals surface area contributed by atoms with Crippen LogP contribution in [0.4, 0.5) is 0 Å². The van der Waals surface area contributed by atoms with Gasteiger partial charge in [-0.1, -0.05) is 20.3 Å². The average Bonchev–Trinajstić information content (AvgIpc) is 2.21. The molecule has 0 spiro atoms. The number of aliphatic hydroxyl groups is 1. The van der Waals surface area contributed by atoms with Crippen molar-refractivity contribution in [3.05, 3.63) is 0 Å². The molecule has 0 radical (unpaired) electrons. The molecule has 3 heteroatoms. The van der Waals surface area contributed by atoms with E-state index in [0.29, 0.717) is 13.2 Å². The van der Waals surface area contributed by atoms with Gasteiger partial charge in [0.15, 0.2) is 0 Å². The van der Waals surface area contributed by atoms with Crippen molar-refractivity contribution < 1.29 is 14.6 Å². The smallest absolute Gasteiger partial charge is 0.0806 e. The second kappa shape index (κ2) is 9.44. The van der Waals surface area contributed by atoms with Crippen LogP contribution in [-0.2, 0) is 9.47 Å². The summed E-state index contributed by atoms with van der Waals surface area (Å²) in [4.78, 5) is 0. The van der Waals surface area contributed by atoms with Crippen LogP contribution in [0.3, 0.4) is 0 Å². The molecule has 86 valence electrons. The molecular weight excluding hydrogens is 180 g/mol. The highest BCUT2D eigenvalue weighted by Crippen LogP contribution is 2.02. The van der Waals surface area contributed by atoms with Crippen LogP contribution in [0.5, 0.6) is 0 Å². The summed E-state index contributed by atoms with van der Waals surface area (Å²) in [7, 11) is 0. The van der Waals surface area contributed by atoms with Gasteiger partial charge in [0.25, 0.3) is 0 Å². The van der Waals surface area contributed by atoms with Gasteiger partial charge in [-0.15, -0.1) is 0 Å². The minimum atomic E-state index is -0.356. The first kappa shape index (κ1) is 13.9. The van der Waals surface area contributed by atoms with E-state index in [2.05, 4.69) is 6.92 Å². The number of aliphatic hydroxyl groups excluding tert-OH is 1. The summed E-state index contributed by atoms with van der Waals surface area (Å²) in [5.41, 5.74) is 0. The first-order valence-corrected chi connectivity index (χ1v) is 5.59. The van der Waals surface area contributed by atoms with E-state index >= 15 is 0 Å². The van der Waals surface area contributed by atoms with Crippen LogP contribution < -0.4 is 0 Å². The van der Waals surface area contributed by atoms with E-state index in [-0.39, 0.29) is 12.2 Å². The summed E-state index contributed by atoms with van der Waals surface area (Å²) in [6.07, 6.45) is 2.55. The summed E-state index contributed by atoms with van der Waals surface area (Å²) in [5, 5.41) is 9.40. The molecule has 0 aliphatic carbocycles. The van der Waals surface area contributed by atoms with Crippen molar-refractivity contribution in [1.82, 2.24) is 0 Å². The van der Waals surface area contributed by atoms with E-state index < -0.39 is 0 Å². The fourth-order valence-corrected chi connectivity index (χ4v) is 1.08. The molecule has 0 aromatic rings. The second-order valence-corrected chi connectivity index (χ2v) is 3.52. The van der Waals surface area contributed by atoms with E-state index in [4.69, 9.17) is 9.47 Å². The fraction of sp³-hybridized carbons (Fsp3) is 1.00. The van der Waals surface area contributed by atoms with E-state index in [1.165, 1.54) is 0 Å². The fourth-order valence-electron chi connectivity index (χ4n) is 1.08. The minimum absolute atomic E-state index is 0.0882. The summed E-state index contributed by atoms with van der Waals surface area (Å²) in [5.74, 6) is 0. The first-order valence-electron chi connectivity index (χ1n) is 5.59. The molecule has 0 rings (SSSR count). The quantitative estimate of drug-likeness (QED) is 0.584. The molecular formula is C11H24O3. The Kier molecular flexibility index (Phi) is 9.35. The van der Waals surface area contributed by atoms with E-state index in [1.807, 2.05) is 13.8 Å². The topological polar surface area (TPSA) is 38.7 Å². The highest BCUT2D eigenvalue weighted by atomic mass is 16.5. The van der Waals surface area contributed by atoms with Crippen molar-refractivity contribution in [2.75, 3.05) is 19.8 Å². The van der Waals surface area contributed by atoms with Gasteiger partial charge in [-0.25, -0.2) is 0 Å². The minimum Gasteiger partial charge on any atom is -0.390 e. The van der Waals surface area contributed by atoms with Crippen LogP contribution in [0.25, 0.3) is 0 Å². The van der Waals surface area contributed by atoms with Gasteiger partial charge in [-0.05, 0) is 19.8 Å². The predicted molar refractivity (Wildman–Crippen MR) is 57.4 cm³/mol. The first-order chi connectivity index (χ1) is 6.72. The zero-order valence-electron chi connectivity index (χ0n) is 9.66. The van der Waals surface area contributed by atoms with Crippen LogP contribution >= 0.6 is 0 Å². The Labute approximate surface area is 87.4 Å². The van der Waals surface area contributed by atoms with Gasteiger partial charge < -0.3 is 14.6 Å². The SMILES string of the molecule is CCCCOCCOC(C)C(O)CC. The maximum absolute atomic E-state index is 9.40. The van der Waals surface area contributed by atoms with Crippen molar-refractivity contribution >= 4 is 0 Å². The summed E-state index contributed by atoms with van der Waals surface area (Å²) in [6.45, 7) is 7.98. The van der Waals surface area contributed by atoms with Crippen LogP contribution in [-0.4, -0.2) is 37.1 Å². The number of ether oxygens (including phenoxy) is 2. The molecule has 0 aliphatic heterocycles. The van der Waals surface area contributed by atoms with E-state index in [0.717, 1.165) is 25.9 Å². The molecule has 0 saturated heterocycles. The Bertz CT molecular complexity index is 117. The number of rotatable bonds is 9. The van der Waals surface area contributed by atoms with E-state index in [1.54, 1.807) is 0 Å². The molecule has 0 heterocycles. The highest BCUT2D eigenvalue weighted by molar-refractivity contribution is 4.60. The van der Waals surface area contributed by atoms with Crippen LogP contribution in [0, 0.1) is 0 Å². The molecule has 0 bridgehead atoms. The molecule has 0 aliphatic rings. The maximum Gasteiger partial charge on any atom is 0.0806 e. The molecule has 2 unspecified atom stereocenters. The molecule has 0 aromatic heterocycles. The Morgan fingerprint density at radius 3 is 2.43 bits per heavy atom. The lowest BCUT2D eigenvalue weighted by atomic mass is 10.2. The monoisotopic (exact) mass is 204 g/mol. The van der Waals surface area contributed by atoms with Gasteiger partial charge in [0, 0.05) is 6.61 Å². The summed E-state index contributed by atoms with van der Waals surface area (Å²) >= 11 is 0. The third-order valence-corrected chi connectivity index (χ3v) is 2.21. The Balaban J connectivity index is 3.18. The van der Waals surface area contributed by atoms with Crippen LogP contribution in [0.1, 0.15) is 40.0 Å². The summed E-state index contributed by atoms with van der Waals surface area (Å²) in [6, 6.07) is 0. The van der Waals surface area contributed by atoms with Crippen LogP contribution in [0.2, 0.25) is 0 Å². The largest absolute Gasteiger partial charge is 0.390 e. The Hall–Kier alpha value is -0.120. The summed E-state index contributed by atoms with van der Waals surface area (Å²) < 4.78 is 10.7. The molecule has 0 amide bonds. The second-order valence-electron chi connectivity index (χ2n) is 3.52. The van der Waals surface area contributed by atoms with Crippen molar-refractivity contribution in [2.45, 2.75) is 52.2 Å². The van der Waals surface area contributed by atoms with Crippen molar-refractivity contribution in [3.63, 3.8) is 0 Å². The highest BCUT2D eigenvalue weighted by Gasteiger charge is 2.11.